The van der Waals surface area contributed by atoms with Crippen molar-refractivity contribution in [1.82, 2.24) is 9.88 Å². The Kier molecular flexibility index (Phi) is 6.28. The van der Waals surface area contributed by atoms with Gasteiger partial charge >= 0.3 is 0 Å². The van der Waals surface area contributed by atoms with Gasteiger partial charge in [-0.15, -0.1) is 0 Å². The number of carbonyl (C=O) groups is 1. The zero-order chi connectivity index (χ0) is 19.3. The smallest absolute Gasteiger partial charge is 0.223 e. The summed E-state index contributed by atoms with van der Waals surface area (Å²) in [6.07, 6.45) is 2.72. The van der Waals surface area contributed by atoms with Gasteiger partial charge in [-0.3, -0.25) is 4.79 Å². The fourth-order valence-corrected chi connectivity index (χ4v) is 4.97. The zero-order valence-corrected chi connectivity index (χ0v) is 16.2. The Morgan fingerprint density at radius 2 is 2.11 bits per heavy atom. The molecule has 1 aliphatic heterocycles. The Balaban J connectivity index is 1.61. The SMILES string of the molecule is COCCN(C(=O)CCc1ncc(-c2ccccc2)o1)C1CCS(=O)(=O)C1. The molecule has 1 amide bonds. The van der Waals surface area contributed by atoms with Gasteiger partial charge in [0.05, 0.1) is 24.3 Å². The molecule has 146 valence electrons. The molecule has 27 heavy (non-hydrogen) atoms. The number of sulfone groups is 1. The van der Waals surface area contributed by atoms with E-state index < -0.39 is 9.84 Å². The molecular formula is C19H24N2O5S. The van der Waals surface area contributed by atoms with Crippen LogP contribution in [-0.2, 0) is 25.8 Å². The lowest BCUT2D eigenvalue weighted by Crippen LogP contribution is -2.43. The summed E-state index contributed by atoms with van der Waals surface area (Å²) >= 11 is 0. The van der Waals surface area contributed by atoms with Crippen molar-refractivity contribution in [3.8, 4) is 11.3 Å². The van der Waals surface area contributed by atoms with Crippen molar-refractivity contribution < 1.29 is 22.4 Å². The number of aryl methyl sites for hydroxylation is 1. The average molecular weight is 392 g/mol. The van der Waals surface area contributed by atoms with Gasteiger partial charge in [0.1, 0.15) is 0 Å². The van der Waals surface area contributed by atoms with E-state index in [1.807, 2.05) is 30.3 Å². The maximum Gasteiger partial charge on any atom is 0.223 e. The second kappa shape index (κ2) is 8.67. The average Bonchev–Trinajstić information content (AvgIpc) is 3.27. The first kappa shape index (κ1) is 19.6. The summed E-state index contributed by atoms with van der Waals surface area (Å²) in [5.41, 5.74) is 0.931. The minimum atomic E-state index is -3.06. The predicted octanol–water partition coefficient (Wildman–Crippen LogP) is 1.94. The van der Waals surface area contributed by atoms with Gasteiger partial charge in [-0.1, -0.05) is 30.3 Å². The summed E-state index contributed by atoms with van der Waals surface area (Å²) in [5.74, 6) is 1.21. The second-order valence-corrected chi connectivity index (χ2v) is 8.85. The van der Waals surface area contributed by atoms with Crippen LogP contribution >= 0.6 is 0 Å². The standard InChI is InChI=1S/C19H24N2O5S/c1-25-11-10-21(16-9-12-27(23,24)14-16)19(22)8-7-18-20-13-17(26-18)15-5-3-2-4-6-15/h2-6,13,16H,7-12,14H2,1H3. The monoisotopic (exact) mass is 392 g/mol. The molecular weight excluding hydrogens is 368 g/mol. The van der Waals surface area contributed by atoms with Gasteiger partial charge in [-0.05, 0) is 6.42 Å². The third kappa shape index (κ3) is 5.17. The van der Waals surface area contributed by atoms with Gasteiger partial charge in [-0.2, -0.15) is 0 Å². The number of oxazole rings is 1. The zero-order valence-electron chi connectivity index (χ0n) is 15.3. The van der Waals surface area contributed by atoms with Crippen LogP contribution in [0.25, 0.3) is 11.3 Å². The minimum absolute atomic E-state index is 0.0274. The van der Waals surface area contributed by atoms with E-state index in [1.165, 1.54) is 0 Å². The molecule has 1 aromatic carbocycles. The normalized spacial score (nSPS) is 18.5. The summed E-state index contributed by atoms with van der Waals surface area (Å²) in [6, 6.07) is 9.36. The molecule has 1 atom stereocenters. The highest BCUT2D eigenvalue weighted by Crippen LogP contribution is 2.22. The summed E-state index contributed by atoms with van der Waals surface area (Å²) in [7, 11) is -1.50. The van der Waals surface area contributed by atoms with E-state index in [2.05, 4.69) is 4.98 Å². The van der Waals surface area contributed by atoms with E-state index in [9.17, 15) is 13.2 Å². The van der Waals surface area contributed by atoms with Gasteiger partial charge in [0.25, 0.3) is 0 Å². The second-order valence-electron chi connectivity index (χ2n) is 6.62. The Morgan fingerprint density at radius 1 is 1.33 bits per heavy atom. The summed E-state index contributed by atoms with van der Waals surface area (Å²) in [6.45, 7) is 0.760. The van der Waals surface area contributed by atoms with E-state index in [4.69, 9.17) is 9.15 Å². The quantitative estimate of drug-likeness (QED) is 0.682. The molecule has 0 saturated carbocycles. The topological polar surface area (TPSA) is 89.7 Å². The molecule has 2 heterocycles. The van der Waals surface area contributed by atoms with Gasteiger partial charge < -0.3 is 14.1 Å². The molecule has 3 rings (SSSR count). The number of nitrogens with zero attached hydrogens (tertiary/aromatic N) is 2. The third-order valence-electron chi connectivity index (χ3n) is 4.67. The first-order valence-corrected chi connectivity index (χ1v) is 10.8. The summed E-state index contributed by atoms with van der Waals surface area (Å²) in [4.78, 5) is 18.6. The number of aromatic nitrogens is 1. The molecule has 1 saturated heterocycles. The van der Waals surface area contributed by atoms with Crippen LogP contribution in [0.3, 0.4) is 0 Å². The third-order valence-corrected chi connectivity index (χ3v) is 6.42. The van der Waals surface area contributed by atoms with Crippen LogP contribution in [0.5, 0.6) is 0 Å². The van der Waals surface area contributed by atoms with Crippen LogP contribution in [0.2, 0.25) is 0 Å². The largest absolute Gasteiger partial charge is 0.441 e. The number of benzene rings is 1. The van der Waals surface area contributed by atoms with E-state index in [0.717, 1.165) is 5.56 Å². The fourth-order valence-electron chi connectivity index (χ4n) is 3.24. The maximum atomic E-state index is 12.7. The van der Waals surface area contributed by atoms with Crippen LogP contribution < -0.4 is 0 Å². The predicted molar refractivity (Wildman–Crippen MR) is 101 cm³/mol. The Labute approximate surface area is 159 Å². The lowest BCUT2D eigenvalue weighted by atomic mass is 10.2. The van der Waals surface area contributed by atoms with Crippen molar-refractivity contribution in [2.45, 2.75) is 25.3 Å². The molecule has 0 N–H and O–H groups in total. The highest BCUT2D eigenvalue weighted by Gasteiger charge is 2.34. The fraction of sp³-hybridized carbons (Fsp3) is 0.474. The van der Waals surface area contributed by atoms with Crippen molar-refractivity contribution in [1.29, 1.82) is 0 Å². The number of rotatable bonds is 8. The van der Waals surface area contributed by atoms with Crippen molar-refractivity contribution in [2.75, 3.05) is 31.8 Å². The molecule has 8 heteroatoms. The van der Waals surface area contributed by atoms with Gasteiger partial charge in [-0.25, -0.2) is 13.4 Å². The number of carbonyl (C=O) groups excluding carboxylic acids is 1. The van der Waals surface area contributed by atoms with Crippen LogP contribution in [-0.4, -0.2) is 62.0 Å². The van der Waals surface area contributed by atoms with Gasteiger partial charge in [0.2, 0.25) is 5.91 Å². The number of methoxy groups -OCH3 is 1. The van der Waals surface area contributed by atoms with Crippen molar-refractivity contribution in [2.24, 2.45) is 0 Å². The highest BCUT2D eigenvalue weighted by atomic mass is 32.2. The molecule has 2 aromatic rings. The Morgan fingerprint density at radius 3 is 2.78 bits per heavy atom. The number of amides is 1. The number of ether oxygens (including phenoxy) is 1. The Hall–Kier alpha value is -2.19. The number of hydrogen-bond acceptors (Lipinski definition) is 6. The van der Waals surface area contributed by atoms with Crippen molar-refractivity contribution in [3.63, 3.8) is 0 Å². The minimum Gasteiger partial charge on any atom is -0.441 e. The van der Waals surface area contributed by atoms with Crippen molar-refractivity contribution in [3.05, 3.63) is 42.4 Å². The van der Waals surface area contributed by atoms with Gasteiger partial charge in [0, 0.05) is 38.1 Å². The Bertz CT molecular complexity index is 863. The van der Waals surface area contributed by atoms with E-state index >= 15 is 0 Å². The molecule has 1 fully saturated rings. The van der Waals surface area contributed by atoms with Crippen LogP contribution in [0.15, 0.2) is 40.9 Å². The molecule has 0 bridgehead atoms. The van der Waals surface area contributed by atoms with E-state index in [1.54, 1.807) is 18.2 Å². The number of hydrogen-bond donors (Lipinski definition) is 0. The molecule has 0 spiro atoms. The molecule has 1 aromatic heterocycles. The van der Waals surface area contributed by atoms with E-state index in [-0.39, 0.29) is 29.9 Å². The molecule has 7 nitrogen and oxygen atoms in total. The molecule has 1 unspecified atom stereocenters. The van der Waals surface area contributed by atoms with Crippen LogP contribution in [0, 0.1) is 0 Å². The lowest BCUT2D eigenvalue weighted by molar-refractivity contribution is -0.133. The lowest BCUT2D eigenvalue weighted by Gasteiger charge is -2.28. The molecule has 0 radical (unpaired) electrons. The van der Waals surface area contributed by atoms with Gasteiger partial charge in [0.15, 0.2) is 21.5 Å². The molecule has 0 aliphatic carbocycles. The summed E-state index contributed by atoms with van der Waals surface area (Å²) in [5, 5.41) is 0. The first-order valence-electron chi connectivity index (χ1n) is 8.97. The van der Waals surface area contributed by atoms with E-state index in [0.29, 0.717) is 37.6 Å². The van der Waals surface area contributed by atoms with Crippen molar-refractivity contribution >= 4 is 15.7 Å². The van der Waals surface area contributed by atoms with Crippen LogP contribution in [0.4, 0.5) is 0 Å². The first-order chi connectivity index (χ1) is 13.0. The highest BCUT2D eigenvalue weighted by molar-refractivity contribution is 7.91. The molecule has 1 aliphatic rings. The summed E-state index contributed by atoms with van der Waals surface area (Å²) < 4.78 is 34.3. The van der Waals surface area contributed by atoms with Crippen LogP contribution in [0.1, 0.15) is 18.7 Å². The maximum absolute atomic E-state index is 12.7.